The van der Waals surface area contributed by atoms with E-state index < -0.39 is 39.5 Å². The van der Waals surface area contributed by atoms with Crippen molar-refractivity contribution >= 4 is 28.6 Å². The Morgan fingerprint density at radius 2 is 1.97 bits per heavy atom. The quantitative estimate of drug-likeness (QED) is 0.558. The zero-order chi connectivity index (χ0) is 24.0. The predicted octanol–water partition coefficient (Wildman–Crippen LogP) is 3.67. The zero-order valence-electron chi connectivity index (χ0n) is 18.4. The molecule has 0 saturated heterocycles. The number of halogens is 2. The molecule has 0 saturated carbocycles. The number of aliphatic carboxylic acids is 1. The van der Waals surface area contributed by atoms with Gasteiger partial charge in [0.15, 0.2) is 16.6 Å². The summed E-state index contributed by atoms with van der Waals surface area (Å²) in [6.07, 6.45) is 1.65. The van der Waals surface area contributed by atoms with Gasteiger partial charge in [-0.2, -0.15) is 0 Å². The molecule has 0 amide bonds. The number of H-pyrrole nitrogens is 1. The molecule has 170 valence electrons. The summed E-state index contributed by atoms with van der Waals surface area (Å²) in [5, 5.41) is 9.18. The molecule has 0 aliphatic rings. The van der Waals surface area contributed by atoms with Gasteiger partial charge in [0.25, 0.3) is 5.56 Å². The summed E-state index contributed by atoms with van der Waals surface area (Å²) < 4.78 is 15.2. The molecule has 3 heterocycles. The van der Waals surface area contributed by atoms with Crippen LogP contribution in [-0.2, 0) is 11.2 Å². The molecule has 0 aromatic carbocycles. The number of carboxylic acid groups (broad SMARTS) is 1. The number of aromatic nitrogens is 4. The highest BCUT2D eigenvalue weighted by Crippen LogP contribution is 2.33. The van der Waals surface area contributed by atoms with Gasteiger partial charge < -0.3 is 5.11 Å². The van der Waals surface area contributed by atoms with Crippen LogP contribution in [-0.4, -0.2) is 30.6 Å². The molecule has 0 aliphatic heterocycles. The summed E-state index contributed by atoms with van der Waals surface area (Å²) in [6.45, 7) is 9.20. The van der Waals surface area contributed by atoms with Crippen LogP contribution in [0.5, 0.6) is 0 Å². The summed E-state index contributed by atoms with van der Waals surface area (Å²) >= 11 is 5.87. The smallest absolute Gasteiger partial charge is 0.334 e. The molecule has 0 spiro atoms. The normalized spacial score (nSPS) is 13.0. The first-order valence-electron chi connectivity index (χ1n) is 10.0. The van der Waals surface area contributed by atoms with E-state index in [0.29, 0.717) is 16.9 Å². The molecule has 0 fully saturated rings. The fourth-order valence-electron chi connectivity index (χ4n) is 3.66. The van der Waals surface area contributed by atoms with Crippen LogP contribution in [0.4, 0.5) is 4.39 Å². The maximum Gasteiger partial charge on any atom is 0.334 e. The predicted molar refractivity (Wildman–Crippen MR) is 119 cm³/mol. The van der Waals surface area contributed by atoms with E-state index in [1.165, 1.54) is 0 Å². The molecule has 32 heavy (non-hydrogen) atoms. The standard InChI is InChI=1S/C22H24ClFN4O4/c1-10(2)15-16(11(6-7-25-15)8-13(20(30)31)22(3,4)5)28-18-12(19(29)27-21(28)32)9-14(24)17(23)26-18/h6-7,9-10,13H,8H2,1-5H3,(H,30,31)(H,27,29,32). The highest BCUT2D eigenvalue weighted by Gasteiger charge is 2.33. The molecule has 2 N–H and O–H groups in total. The maximum atomic E-state index is 14.0. The molecular formula is C22H24ClFN4O4. The van der Waals surface area contributed by atoms with Gasteiger partial charge in [-0.1, -0.05) is 46.2 Å². The lowest BCUT2D eigenvalue weighted by Gasteiger charge is -2.28. The van der Waals surface area contributed by atoms with E-state index in [9.17, 15) is 23.9 Å². The second-order valence-corrected chi connectivity index (χ2v) is 9.40. The second-order valence-electron chi connectivity index (χ2n) is 9.05. The highest BCUT2D eigenvalue weighted by atomic mass is 35.5. The third-order valence-electron chi connectivity index (χ3n) is 5.37. The van der Waals surface area contributed by atoms with Gasteiger partial charge in [-0.15, -0.1) is 0 Å². The highest BCUT2D eigenvalue weighted by molar-refractivity contribution is 6.29. The number of nitrogens with one attached hydrogen (secondary N) is 1. The molecule has 1 unspecified atom stereocenters. The minimum atomic E-state index is -0.978. The van der Waals surface area contributed by atoms with E-state index in [-0.39, 0.29) is 23.4 Å². The Morgan fingerprint density at radius 3 is 2.53 bits per heavy atom. The van der Waals surface area contributed by atoms with Crippen LogP contribution in [0.15, 0.2) is 27.9 Å². The Bertz CT molecular complexity index is 1320. The van der Waals surface area contributed by atoms with Crippen LogP contribution >= 0.6 is 11.6 Å². The Kier molecular flexibility index (Phi) is 6.24. The van der Waals surface area contributed by atoms with Crippen molar-refractivity contribution in [1.29, 1.82) is 0 Å². The first-order chi connectivity index (χ1) is 14.8. The van der Waals surface area contributed by atoms with Crippen LogP contribution in [0.3, 0.4) is 0 Å². The van der Waals surface area contributed by atoms with Crippen LogP contribution in [0.25, 0.3) is 16.7 Å². The third kappa shape index (κ3) is 4.29. The van der Waals surface area contributed by atoms with E-state index in [2.05, 4.69) is 15.0 Å². The van der Waals surface area contributed by atoms with Gasteiger partial charge in [-0.05, 0) is 35.4 Å². The number of nitrogens with zero attached hydrogens (tertiary/aromatic N) is 3. The summed E-state index contributed by atoms with van der Waals surface area (Å²) in [6, 6.07) is 2.55. The number of carboxylic acids is 1. The first-order valence-corrected chi connectivity index (χ1v) is 10.4. The number of rotatable bonds is 5. The fourth-order valence-corrected chi connectivity index (χ4v) is 3.79. The van der Waals surface area contributed by atoms with Crippen LogP contribution in [0.1, 0.15) is 51.8 Å². The van der Waals surface area contributed by atoms with Crippen molar-refractivity contribution in [3.05, 3.63) is 61.4 Å². The molecule has 3 aromatic rings. The van der Waals surface area contributed by atoms with E-state index in [4.69, 9.17) is 11.6 Å². The van der Waals surface area contributed by atoms with Crippen molar-refractivity contribution < 1.29 is 14.3 Å². The second kappa shape index (κ2) is 8.46. The van der Waals surface area contributed by atoms with Crippen molar-refractivity contribution in [3.63, 3.8) is 0 Å². The molecule has 1 atom stereocenters. The van der Waals surface area contributed by atoms with Gasteiger partial charge >= 0.3 is 11.7 Å². The molecule has 0 bridgehead atoms. The molecular weight excluding hydrogens is 439 g/mol. The Hall–Kier alpha value is -3.07. The van der Waals surface area contributed by atoms with Gasteiger partial charge in [0.1, 0.15) is 0 Å². The van der Waals surface area contributed by atoms with Gasteiger partial charge in [-0.3, -0.25) is 19.6 Å². The van der Waals surface area contributed by atoms with Crippen molar-refractivity contribution in [2.24, 2.45) is 11.3 Å². The molecule has 8 nitrogen and oxygen atoms in total. The fraction of sp³-hybridized carbons (Fsp3) is 0.409. The minimum Gasteiger partial charge on any atom is -0.481 e. The van der Waals surface area contributed by atoms with Crippen molar-refractivity contribution in [3.8, 4) is 5.69 Å². The first kappa shape index (κ1) is 23.6. The topological polar surface area (TPSA) is 118 Å². The zero-order valence-corrected chi connectivity index (χ0v) is 19.1. The number of fused-ring (bicyclic) bond motifs is 1. The molecule has 0 radical (unpaired) electrons. The number of hydrogen-bond donors (Lipinski definition) is 2. The molecule has 10 heteroatoms. The lowest BCUT2D eigenvalue weighted by molar-refractivity contribution is -0.145. The van der Waals surface area contributed by atoms with Gasteiger partial charge in [-0.25, -0.2) is 18.7 Å². The lowest BCUT2D eigenvalue weighted by atomic mass is 9.77. The molecule has 3 rings (SSSR count). The van der Waals surface area contributed by atoms with Gasteiger partial charge in [0.05, 0.1) is 22.7 Å². The number of aromatic amines is 1. The minimum absolute atomic E-state index is 0.0956. The van der Waals surface area contributed by atoms with Crippen molar-refractivity contribution in [1.82, 2.24) is 19.5 Å². The number of hydrogen-bond acceptors (Lipinski definition) is 5. The number of pyridine rings is 2. The summed E-state index contributed by atoms with van der Waals surface area (Å²) in [7, 11) is 0. The third-order valence-corrected chi connectivity index (χ3v) is 5.63. The SMILES string of the molecule is CC(C)c1nccc(CC(C(=O)O)C(C)(C)C)c1-n1c(=O)[nH]c(=O)c2cc(F)c(Cl)nc21. The van der Waals surface area contributed by atoms with Crippen molar-refractivity contribution in [2.45, 2.75) is 47.0 Å². The van der Waals surface area contributed by atoms with Crippen LogP contribution in [0.2, 0.25) is 5.15 Å². The Morgan fingerprint density at radius 1 is 1.31 bits per heavy atom. The average molecular weight is 463 g/mol. The Labute approximate surface area is 188 Å². The van der Waals surface area contributed by atoms with Crippen molar-refractivity contribution in [2.75, 3.05) is 0 Å². The average Bonchev–Trinajstić information content (AvgIpc) is 2.67. The largest absolute Gasteiger partial charge is 0.481 e. The molecule has 3 aromatic heterocycles. The van der Waals surface area contributed by atoms with Gasteiger partial charge in [0, 0.05) is 6.20 Å². The Balaban J connectivity index is 2.44. The van der Waals surface area contributed by atoms with E-state index >= 15 is 0 Å². The van der Waals surface area contributed by atoms with E-state index in [1.54, 1.807) is 12.3 Å². The van der Waals surface area contributed by atoms with E-state index in [1.807, 2.05) is 34.6 Å². The summed E-state index contributed by atoms with van der Waals surface area (Å²) in [4.78, 5) is 47.9. The van der Waals surface area contributed by atoms with Crippen LogP contribution in [0, 0.1) is 17.2 Å². The van der Waals surface area contributed by atoms with E-state index in [0.717, 1.165) is 10.6 Å². The molecule has 0 aliphatic carbocycles. The summed E-state index contributed by atoms with van der Waals surface area (Å²) in [5.74, 6) is -2.81. The van der Waals surface area contributed by atoms with Crippen LogP contribution < -0.4 is 11.2 Å². The monoisotopic (exact) mass is 462 g/mol. The maximum absolute atomic E-state index is 14.0. The van der Waals surface area contributed by atoms with Gasteiger partial charge in [0.2, 0.25) is 0 Å². The summed E-state index contributed by atoms with van der Waals surface area (Å²) in [5.41, 5.74) is -0.992. The number of carbonyl (C=O) groups is 1. The lowest BCUT2D eigenvalue weighted by Crippen LogP contribution is -2.33.